The van der Waals surface area contributed by atoms with Crippen LogP contribution in [0.5, 0.6) is 0 Å². The summed E-state index contributed by atoms with van der Waals surface area (Å²) in [5, 5.41) is -0.0199. The quantitative estimate of drug-likeness (QED) is 0.563. The van der Waals surface area contributed by atoms with Crippen LogP contribution in [0.1, 0.15) is 16.8 Å². The summed E-state index contributed by atoms with van der Waals surface area (Å²) < 4.78 is 40.4. The first-order valence-corrected chi connectivity index (χ1v) is 12.3. The number of piperazine rings is 1. The minimum atomic E-state index is -3.53. The van der Waals surface area contributed by atoms with Gasteiger partial charge in [0, 0.05) is 51.1 Å². The molecular weight excluding hydrogens is 415 g/mol. The van der Waals surface area contributed by atoms with Gasteiger partial charge in [-0.2, -0.15) is 0 Å². The Bertz CT molecular complexity index is 1120. The number of aromatic nitrogens is 2. The van der Waals surface area contributed by atoms with Crippen molar-refractivity contribution in [1.29, 1.82) is 0 Å². The monoisotopic (exact) mass is 442 g/mol. The fraction of sp³-hybridized carbons (Fsp3) is 0.348. The Morgan fingerprint density at radius 3 is 2.13 bits per heavy atom. The van der Waals surface area contributed by atoms with Crippen molar-refractivity contribution >= 4 is 9.84 Å². The van der Waals surface area contributed by atoms with Crippen LogP contribution in [-0.4, -0.2) is 60.2 Å². The third-order valence-electron chi connectivity index (χ3n) is 5.62. The van der Waals surface area contributed by atoms with E-state index in [4.69, 9.17) is 0 Å². The van der Waals surface area contributed by atoms with Gasteiger partial charge in [-0.05, 0) is 11.6 Å². The lowest BCUT2D eigenvalue weighted by atomic mass is 10.2. The number of halogens is 1. The Morgan fingerprint density at radius 2 is 1.48 bits per heavy atom. The minimum Gasteiger partial charge on any atom is -0.313 e. The normalized spacial score (nSPS) is 15.9. The molecule has 0 N–H and O–H groups in total. The summed E-state index contributed by atoms with van der Waals surface area (Å²) in [6, 6.07) is 16.9. The molecule has 0 bridgehead atoms. The van der Waals surface area contributed by atoms with Crippen molar-refractivity contribution in [2.45, 2.75) is 24.8 Å². The van der Waals surface area contributed by atoms with E-state index < -0.39 is 9.84 Å². The summed E-state index contributed by atoms with van der Waals surface area (Å²) >= 11 is 0. The van der Waals surface area contributed by atoms with Gasteiger partial charge in [-0.15, -0.1) is 0 Å². The summed E-state index contributed by atoms with van der Waals surface area (Å²) in [5.41, 5.74) is 2.52. The van der Waals surface area contributed by atoms with Gasteiger partial charge in [0.1, 0.15) is 5.82 Å². The Hall–Kier alpha value is -2.55. The fourth-order valence-electron chi connectivity index (χ4n) is 3.96. The second-order valence-corrected chi connectivity index (χ2v) is 9.93. The number of hydrogen-bond acceptors (Lipinski definition) is 5. The smallest absolute Gasteiger partial charge is 0.227 e. The van der Waals surface area contributed by atoms with Gasteiger partial charge in [0.2, 0.25) is 15.0 Å². The molecule has 0 radical (unpaired) electrons. The van der Waals surface area contributed by atoms with Gasteiger partial charge in [0.15, 0.2) is 0 Å². The van der Waals surface area contributed by atoms with Gasteiger partial charge in [-0.3, -0.25) is 9.80 Å². The van der Waals surface area contributed by atoms with E-state index in [1.54, 1.807) is 29.0 Å². The van der Waals surface area contributed by atoms with Crippen LogP contribution in [0.15, 0.2) is 66.0 Å². The average Bonchev–Trinajstić information content (AvgIpc) is 3.14. The van der Waals surface area contributed by atoms with Crippen molar-refractivity contribution in [3.05, 3.63) is 83.4 Å². The number of rotatable bonds is 7. The molecule has 164 valence electrons. The first-order valence-electron chi connectivity index (χ1n) is 10.4. The maximum absolute atomic E-state index is 14.2. The highest BCUT2D eigenvalue weighted by Gasteiger charge is 2.23. The minimum absolute atomic E-state index is 0.0199. The fourth-order valence-corrected chi connectivity index (χ4v) is 4.78. The van der Waals surface area contributed by atoms with E-state index in [-0.39, 0.29) is 17.5 Å². The number of benzene rings is 2. The van der Waals surface area contributed by atoms with Gasteiger partial charge < -0.3 is 4.57 Å². The Labute approximate surface area is 182 Å². The van der Waals surface area contributed by atoms with Gasteiger partial charge in [-0.1, -0.05) is 48.5 Å². The summed E-state index contributed by atoms with van der Waals surface area (Å²) in [5.74, 6) is -0.351. The van der Waals surface area contributed by atoms with Crippen LogP contribution in [0.3, 0.4) is 0 Å². The first kappa shape index (κ1) is 21.7. The van der Waals surface area contributed by atoms with Crippen LogP contribution in [0.25, 0.3) is 0 Å². The van der Waals surface area contributed by atoms with Crippen LogP contribution in [0.2, 0.25) is 0 Å². The van der Waals surface area contributed by atoms with Crippen LogP contribution in [-0.2, 0) is 29.5 Å². The molecule has 31 heavy (non-hydrogen) atoms. The predicted octanol–water partition coefficient (Wildman–Crippen LogP) is 2.79. The molecular formula is C23H27FN4O2S. The highest BCUT2D eigenvalue weighted by Crippen LogP contribution is 2.19. The Morgan fingerprint density at radius 1 is 0.871 bits per heavy atom. The molecule has 1 aliphatic heterocycles. The van der Waals surface area contributed by atoms with Crippen molar-refractivity contribution in [2.75, 3.05) is 32.4 Å². The molecule has 8 heteroatoms. The number of nitrogens with zero attached hydrogens (tertiary/aromatic N) is 4. The topological polar surface area (TPSA) is 58.4 Å². The molecule has 1 fully saturated rings. The van der Waals surface area contributed by atoms with Gasteiger partial charge in [0.05, 0.1) is 18.4 Å². The molecule has 1 aromatic heterocycles. The molecule has 0 spiro atoms. The van der Waals surface area contributed by atoms with Crippen molar-refractivity contribution in [3.63, 3.8) is 0 Å². The maximum atomic E-state index is 14.2. The molecule has 2 heterocycles. The van der Waals surface area contributed by atoms with Crippen LogP contribution >= 0.6 is 0 Å². The van der Waals surface area contributed by atoms with Crippen molar-refractivity contribution in [2.24, 2.45) is 0 Å². The van der Waals surface area contributed by atoms with Crippen LogP contribution in [0, 0.1) is 5.82 Å². The summed E-state index contributed by atoms with van der Waals surface area (Å²) in [6.45, 7) is 5.29. The summed E-state index contributed by atoms with van der Waals surface area (Å²) in [7, 11) is -3.53. The van der Waals surface area contributed by atoms with E-state index in [1.807, 2.05) is 6.07 Å². The molecule has 0 amide bonds. The summed E-state index contributed by atoms with van der Waals surface area (Å²) in [6.07, 6.45) is 2.74. The molecule has 2 aromatic carbocycles. The number of imidazole rings is 1. The third kappa shape index (κ3) is 5.39. The maximum Gasteiger partial charge on any atom is 0.227 e. The molecule has 6 nitrogen and oxygen atoms in total. The van der Waals surface area contributed by atoms with Crippen LogP contribution < -0.4 is 0 Å². The van der Waals surface area contributed by atoms with E-state index in [1.165, 1.54) is 11.6 Å². The molecule has 1 saturated heterocycles. The zero-order valence-corrected chi connectivity index (χ0v) is 18.4. The molecule has 3 aromatic rings. The van der Waals surface area contributed by atoms with Crippen molar-refractivity contribution in [1.82, 2.24) is 19.4 Å². The van der Waals surface area contributed by atoms with Crippen LogP contribution in [0.4, 0.5) is 4.39 Å². The molecule has 0 saturated carbocycles. The third-order valence-corrected chi connectivity index (χ3v) is 6.61. The van der Waals surface area contributed by atoms with E-state index >= 15 is 0 Å². The lowest BCUT2D eigenvalue weighted by Gasteiger charge is -2.34. The van der Waals surface area contributed by atoms with Crippen molar-refractivity contribution in [3.8, 4) is 0 Å². The highest BCUT2D eigenvalue weighted by atomic mass is 32.2. The molecule has 0 unspecified atom stereocenters. The average molecular weight is 443 g/mol. The lowest BCUT2D eigenvalue weighted by molar-refractivity contribution is 0.120. The van der Waals surface area contributed by atoms with E-state index in [9.17, 15) is 12.8 Å². The second kappa shape index (κ2) is 9.30. The number of sulfone groups is 1. The van der Waals surface area contributed by atoms with E-state index in [0.29, 0.717) is 12.1 Å². The predicted molar refractivity (Wildman–Crippen MR) is 118 cm³/mol. The zero-order valence-electron chi connectivity index (χ0n) is 17.6. The van der Waals surface area contributed by atoms with Gasteiger partial charge in [0.25, 0.3) is 0 Å². The second-order valence-electron chi connectivity index (χ2n) is 8.02. The molecule has 1 aliphatic rings. The van der Waals surface area contributed by atoms with Gasteiger partial charge in [-0.25, -0.2) is 17.8 Å². The number of hydrogen-bond donors (Lipinski definition) is 0. The molecule has 0 atom stereocenters. The lowest BCUT2D eigenvalue weighted by Crippen LogP contribution is -2.45. The highest BCUT2D eigenvalue weighted by molar-refractivity contribution is 7.90. The summed E-state index contributed by atoms with van der Waals surface area (Å²) in [4.78, 5) is 8.88. The van der Waals surface area contributed by atoms with E-state index in [0.717, 1.165) is 44.7 Å². The standard InChI is InChI=1S/C23H27FN4O2S/c1-31(29,30)23-25-15-21(28(23)17-20-9-5-6-10-22(20)24)18-27-13-11-26(12-14-27)16-19-7-3-2-4-8-19/h2-10,15H,11-14,16-18H2,1H3. The Balaban J connectivity index is 1.46. The SMILES string of the molecule is CS(=O)(=O)c1ncc(CN2CCN(Cc3ccccc3)CC2)n1Cc1ccccc1F. The molecule has 4 rings (SSSR count). The van der Waals surface area contributed by atoms with Gasteiger partial charge >= 0.3 is 0 Å². The largest absolute Gasteiger partial charge is 0.313 e. The zero-order chi connectivity index (χ0) is 21.8. The molecule has 0 aliphatic carbocycles. The Kier molecular flexibility index (Phi) is 6.50. The first-order chi connectivity index (χ1) is 14.9. The van der Waals surface area contributed by atoms with Crippen molar-refractivity contribution < 1.29 is 12.8 Å². The van der Waals surface area contributed by atoms with E-state index in [2.05, 4.69) is 39.0 Å².